The third-order valence-corrected chi connectivity index (χ3v) is 3.95. The van der Waals surface area contributed by atoms with Gasteiger partial charge in [0.05, 0.1) is 24.3 Å². The molecule has 0 fully saturated rings. The van der Waals surface area contributed by atoms with Crippen LogP contribution in [0.4, 0.5) is 10.5 Å². The topological polar surface area (TPSA) is 113 Å². The number of fused-ring (bicyclic) bond motifs is 1. The standard InChI is InChI=1S/C15H16N8O/c24-15(20-11-2-3-13-10(6-11)7-18-22-13)21-12-8-19-23(9-12)14-16-4-1-5-17-14/h1,4-5,7-9,11H,2-3,6H2,(H,18,22)(H2,20,21,24)/t11-/m0/s1. The number of carbonyl (C=O) groups excluding carboxylic acids is 1. The average molecular weight is 324 g/mol. The van der Waals surface area contributed by atoms with Gasteiger partial charge in [-0.3, -0.25) is 5.10 Å². The summed E-state index contributed by atoms with van der Waals surface area (Å²) in [7, 11) is 0. The van der Waals surface area contributed by atoms with Crippen molar-refractivity contribution in [2.45, 2.75) is 25.3 Å². The van der Waals surface area contributed by atoms with Gasteiger partial charge in [0, 0.05) is 24.1 Å². The van der Waals surface area contributed by atoms with Crippen molar-refractivity contribution >= 4 is 11.7 Å². The summed E-state index contributed by atoms with van der Waals surface area (Å²) in [5, 5.41) is 16.9. The second kappa shape index (κ2) is 6.11. The first-order valence-corrected chi connectivity index (χ1v) is 7.68. The zero-order valence-corrected chi connectivity index (χ0v) is 12.8. The molecule has 24 heavy (non-hydrogen) atoms. The van der Waals surface area contributed by atoms with Gasteiger partial charge in [0.2, 0.25) is 5.95 Å². The van der Waals surface area contributed by atoms with Gasteiger partial charge in [-0.2, -0.15) is 10.2 Å². The van der Waals surface area contributed by atoms with Gasteiger partial charge in [-0.1, -0.05) is 0 Å². The molecule has 1 atom stereocenters. The van der Waals surface area contributed by atoms with E-state index in [9.17, 15) is 4.79 Å². The molecule has 0 saturated heterocycles. The molecule has 2 amide bonds. The molecule has 0 spiro atoms. The van der Waals surface area contributed by atoms with Gasteiger partial charge in [0.1, 0.15) is 0 Å². The normalized spacial score (nSPS) is 16.4. The number of carbonyl (C=O) groups is 1. The fourth-order valence-electron chi connectivity index (χ4n) is 2.80. The van der Waals surface area contributed by atoms with Crippen molar-refractivity contribution in [3.05, 3.63) is 48.3 Å². The Bertz CT molecular complexity index is 840. The van der Waals surface area contributed by atoms with E-state index in [1.807, 2.05) is 6.20 Å². The van der Waals surface area contributed by atoms with Crippen LogP contribution in [0.25, 0.3) is 5.95 Å². The fraction of sp³-hybridized carbons (Fsp3) is 0.267. The van der Waals surface area contributed by atoms with Crippen molar-refractivity contribution in [3.63, 3.8) is 0 Å². The van der Waals surface area contributed by atoms with Crippen LogP contribution >= 0.6 is 0 Å². The Morgan fingerprint density at radius 1 is 1.29 bits per heavy atom. The van der Waals surface area contributed by atoms with E-state index in [2.05, 4.69) is 35.9 Å². The molecule has 0 radical (unpaired) electrons. The first-order valence-electron chi connectivity index (χ1n) is 7.68. The molecule has 1 aliphatic rings. The third-order valence-electron chi connectivity index (χ3n) is 3.95. The van der Waals surface area contributed by atoms with E-state index in [0.29, 0.717) is 11.6 Å². The molecule has 1 aliphatic carbocycles. The number of nitrogens with zero attached hydrogens (tertiary/aromatic N) is 5. The van der Waals surface area contributed by atoms with Gasteiger partial charge in [-0.05, 0) is 30.9 Å². The summed E-state index contributed by atoms with van der Waals surface area (Å²) in [6.45, 7) is 0. The van der Waals surface area contributed by atoms with Gasteiger partial charge >= 0.3 is 6.03 Å². The number of aromatic nitrogens is 6. The summed E-state index contributed by atoms with van der Waals surface area (Å²) in [5.74, 6) is 0.450. The van der Waals surface area contributed by atoms with E-state index in [1.165, 1.54) is 10.2 Å². The molecule has 0 unspecified atom stereocenters. The number of hydrogen-bond acceptors (Lipinski definition) is 5. The van der Waals surface area contributed by atoms with Crippen molar-refractivity contribution in [1.82, 2.24) is 35.3 Å². The maximum absolute atomic E-state index is 12.2. The van der Waals surface area contributed by atoms with Crippen molar-refractivity contribution in [2.75, 3.05) is 5.32 Å². The van der Waals surface area contributed by atoms with Crippen LogP contribution in [0, 0.1) is 0 Å². The minimum Gasteiger partial charge on any atom is -0.335 e. The van der Waals surface area contributed by atoms with E-state index in [4.69, 9.17) is 0 Å². The van der Waals surface area contributed by atoms with Crippen LogP contribution < -0.4 is 10.6 Å². The highest BCUT2D eigenvalue weighted by molar-refractivity contribution is 5.89. The van der Waals surface area contributed by atoms with Crippen LogP contribution in [0.3, 0.4) is 0 Å². The monoisotopic (exact) mass is 324 g/mol. The zero-order valence-electron chi connectivity index (χ0n) is 12.8. The van der Waals surface area contributed by atoms with Crippen molar-refractivity contribution < 1.29 is 4.79 Å². The molecule has 0 bridgehead atoms. The van der Waals surface area contributed by atoms with Gasteiger partial charge < -0.3 is 10.6 Å². The molecule has 3 N–H and O–H groups in total. The Morgan fingerprint density at radius 2 is 2.17 bits per heavy atom. The average Bonchev–Trinajstić information content (AvgIpc) is 3.24. The highest BCUT2D eigenvalue weighted by atomic mass is 16.2. The minimum atomic E-state index is -0.250. The maximum atomic E-state index is 12.2. The van der Waals surface area contributed by atoms with E-state index in [-0.39, 0.29) is 12.1 Å². The second-order valence-corrected chi connectivity index (χ2v) is 5.63. The molecule has 4 rings (SSSR count). The molecular weight excluding hydrogens is 308 g/mol. The Hall–Kier alpha value is -3.23. The van der Waals surface area contributed by atoms with Crippen molar-refractivity contribution in [2.24, 2.45) is 0 Å². The molecule has 122 valence electrons. The van der Waals surface area contributed by atoms with E-state index >= 15 is 0 Å². The Morgan fingerprint density at radius 3 is 3.04 bits per heavy atom. The van der Waals surface area contributed by atoms with Crippen LogP contribution in [0.1, 0.15) is 17.7 Å². The van der Waals surface area contributed by atoms with Crippen LogP contribution in [-0.2, 0) is 12.8 Å². The number of hydrogen-bond donors (Lipinski definition) is 3. The first-order chi connectivity index (χ1) is 11.8. The Balaban J connectivity index is 1.36. The molecule has 3 heterocycles. The number of H-pyrrole nitrogens is 1. The first kappa shape index (κ1) is 14.4. The van der Waals surface area contributed by atoms with Gasteiger partial charge in [0.15, 0.2) is 0 Å². The van der Waals surface area contributed by atoms with E-state index in [1.54, 1.807) is 30.9 Å². The lowest BCUT2D eigenvalue weighted by Gasteiger charge is -2.22. The molecule has 0 aromatic carbocycles. The summed E-state index contributed by atoms with van der Waals surface area (Å²) in [4.78, 5) is 20.4. The molecule has 3 aromatic rings. The number of anilines is 1. The molecular formula is C15H16N8O. The van der Waals surface area contributed by atoms with E-state index in [0.717, 1.165) is 25.0 Å². The quantitative estimate of drug-likeness (QED) is 0.667. The smallest absolute Gasteiger partial charge is 0.319 e. The summed E-state index contributed by atoms with van der Waals surface area (Å²) in [6.07, 6.45) is 10.9. The lowest BCUT2D eigenvalue weighted by atomic mass is 9.94. The number of aromatic amines is 1. The summed E-state index contributed by atoms with van der Waals surface area (Å²) >= 11 is 0. The van der Waals surface area contributed by atoms with Gasteiger partial charge in [0.25, 0.3) is 0 Å². The number of amides is 2. The Labute approximate surface area is 137 Å². The predicted molar refractivity (Wildman–Crippen MR) is 85.7 cm³/mol. The highest BCUT2D eigenvalue weighted by Gasteiger charge is 2.21. The maximum Gasteiger partial charge on any atom is 0.319 e. The highest BCUT2D eigenvalue weighted by Crippen LogP contribution is 2.19. The number of nitrogens with one attached hydrogen (secondary N) is 3. The second-order valence-electron chi connectivity index (χ2n) is 5.63. The summed E-state index contributed by atoms with van der Waals surface area (Å²) < 4.78 is 1.51. The summed E-state index contributed by atoms with van der Waals surface area (Å²) in [5.41, 5.74) is 2.91. The van der Waals surface area contributed by atoms with Crippen LogP contribution in [0.2, 0.25) is 0 Å². The van der Waals surface area contributed by atoms with E-state index < -0.39 is 0 Å². The molecule has 0 saturated carbocycles. The molecule has 9 nitrogen and oxygen atoms in total. The lowest BCUT2D eigenvalue weighted by molar-refractivity contribution is 0.247. The number of rotatable bonds is 3. The van der Waals surface area contributed by atoms with Crippen LogP contribution in [0.15, 0.2) is 37.1 Å². The van der Waals surface area contributed by atoms with Crippen LogP contribution in [0.5, 0.6) is 0 Å². The van der Waals surface area contributed by atoms with Crippen molar-refractivity contribution in [1.29, 1.82) is 0 Å². The minimum absolute atomic E-state index is 0.0996. The number of urea groups is 1. The van der Waals surface area contributed by atoms with Gasteiger partial charge in [-0.25, -0.2) is 19.4 Å². The molecule has 9 heteroatoms. The predicted octanol–water partition coefficient (Wildman–Crippen LogP) is 1.06. The largest absolute Gasteiger partial charge is 0.335 e. The summed E-state index contributed by atoms with van der Waals surface area (Å²) in [6, 6.07) is 1.58. The van der Waals surface area contributed by atoms with Crippen molar-refractivity contribution in [3.8, 4) is 5.95 Å². The fourth-order valence-corrected chi connectivity index (χ4v) is 2.80. The Kier molecular flexibility index (Phi) is 3.66. The number of aryl methyl sites for hydroxylation is 1. The lowest BCUT2D eigenvalue weighted by Crippen LogP contribution is -2.41. The van der Waals surface area contributed by atoms with Gasteiger partial charge in [-0.15, -0.1) is 0 Å². The molecule has 0 aliphatic heterocycles. The SMILES string of the molecule is O=C(Nc1cnn(-c2ncccn2)c1)N[C@H]1CCc2[nH]ncc2C1. The molecule has 3 aromatic heterocycles. The third kappa shape index (κ3) is 2.96. The van der Waals surface area contributed by atoms with Crippen LogP contribution in [-0.4, -0.2) is 42.0 Å². The zero-order chi connectivity index (χ0) is 16.4.